The fraction of sp³-hybridized carbons (Fsp3) is 0.750. The quantitative estimate of drug-likeness (QED) is 0.799. The monoisotopic (exact) mass is 222 g/mol. The highest BCUT2D eigenvalue weighted by Crippen LogP contribution is 2.36. The van der Waals surface area contributed by atoms with Crippen molar-refractivity contribution in [2.45, 2.75) is 38.8 Å². The summed E-state index contributed by atoms with van der Waals surface area (Å²) in [5.41, 5.74) is 0. The third-order valence-corrected chi connectivity index (χ3v) is 3.24. The molecular weight excluding hydrogens is 200 g/mol. The number of aromatic nitrogens is 2. The van der Waals surface area contributed by atoms with Gasteiger partial charge in [0.15, 0.2) is 0 Å². The van der Waals surface area contributed by atoms with Crippen LogP contribution in [0.5, 0.6) is 0 Å². The Hall–Kier alpha value is -1.03. The molecule has 0 saturated heterocycles. The second-order valence-electron chi connectivity index (χ2n) is 4.89. The Morgan fingerprint density at radius 2 is 2.31 bits per heavy atom. The van der Waals surface area contributed by atoms with Gasteiger partial charge in [-0.05, 0) is 33.7 Å². The number of nitrogens with one attached hydrogen (secondary N) is 1. The van der Waals surface area contributed by atoms with E-state index in [-0.39, 0.29) is 0 Å². The average Bonchev–Trinajstić information content (AvgIpc) is 2.99. The lowest BCUT2D eigenvalue weighted by molar-refractivity contribution is 0.284. The van der Waals surface area contributed by atoms with Crippen LogP contribution in [0.15, 0.2) is 12.4 Å². The van der Waals surface area contributed by atoms with Crippen molar-refractivity contribution in [1.82, 2.24) is 14.5 Å². The van der Waals surface area contributed by atoms with E-state index in [0.29, 0.717) is 12.1 Å². The molecule has 0 aliphatic heterocycles. The topological polar surface area (TPSA) is 33.1 Å². The number of hydrogen-bond donors (Lipinski definition) is 1. The van der Waals surface area contributed by atoms with Crippen molar-refractivity contribution >= 4 is 5.95 Å². The predicted molar refractivity (Wildman–Crippen MR) is 66.8 cm³/mol. The first kappa shape index (κ1) is 11.5. The van der Waals surface area contributed by atoms with Gasteiger partial charge in [0, 0.05) is 37.6 Å². The van der Waals surface area contributed by atoms with Gasteiger partial charge in [0.1, 0.15) is 0 Å². The van der Waals surface area contributed by atoms with E-state index in [1.807, 2.05) is 6.20 Å². The summed E-state index contributed by atoms with van der Waals surface area (Å²) in [5.74, 6) is 1.03. The van der Waals surface area contributed by atoms with E-state index in [1.165, 1.54) is 12.8 Å². The maximum Gasteiger partial charge on any atom is 0.203 e. The van der Waals surface area contributed by atoms with Gasteiger partial charge in [-0.15, -0.1) is 0 Å². The van der Waals surface area contributed by atoms with Gasteiger partial charge in [-0.25, -0.2) is 4.98 Å². The zero-order valence-corrected chi connectivity index (χ0v) is 10.5. The van der Waals surface area contributed by atoms with Crippen molar-refractivity contribution in [1.29, 1.82) is 0 Å². The van der Waals surface area contributed by atoms with Gasteiger partial charge >= 0.3 is 0 Å². The van der Waals surface area contributed by atoms with Crippen molar-refractivity contribution in [3.05, 3.63) is 12.4 Å². The van der Waals surface area contributed by atoms with Crippen LogP contribution in [0.3, 0.4) is 0 Å². The highest BCUT2D eigenvalue weighted by atomic mass is 15.2. The normalized spacial score (nSPS) is 16.1. The molecule has 4 heteroatoms. The minimum absolute atomic E-state index is 0.602. The summed E-state index contributed by atoms with van der Waals surface area (Å²) < 4.78 is 2.26. The molecule has 1 aromatic rings. The Morgan fingerprint density at radius 1 is 1.56 bits per heavy atom. The van der Waals surface area contributed by atoms with Crippen LogP contribution in [0, 0.1) is 0 Å². The van der Waals surface area contributed by atoms with Crippen molar-refractivity contribution < 1.29 is 0 Å². The first-order valence-electron chi connectivity index (χ1n) is 6.15. The minimum Gasteiger partial charge on any atom is -0.354 e. The molecular formula is C12H22N4. The molecule has 0 radical (unpaired) electrons. The molecule has 1 heterocycles. The summed E-state index contributed by atoms with van der Waals surface area (Å²) in [5, 5.41) is 3.41. The van der Waals surface area contributed by atoms with Gasteiger partial charge in [-0.3, -0.25) is 0 Å². The van der Waals surface area contributed by atoms with Crippen LogP contribution in [0.1, 0.15) is 32.7 Å². The van der Waals surface area contributed by atoms with E-state index >= 15 is 0 Å². The third kappa shape index (κ3) is 2.76. The Balaban J connectivity index is 1.78. The van der Waals surface area contributed by atoms with Gasteiger partial charge < -0.3 is 14.8 Å². The van der Waals surface area contributed by atoms with E-state index in [9.17, 15) is 0 Å². The van der Waals surface area contributed by atoms with Crippen LogP contribution >= 0.6 is 0 Å². The maximum absolute atomic E-state index is 4.35. The fourth-order valence-corrected chi connectivity index (χ4v) is 1.70. The van der Waals surface area contributed by atoms with Crippen LogP contribution in [0.25, 0.3) is 0 Å². The van der Waals surface area contributed by atoms with Crippen molar-refractivity contribution in [2.75, 3.05) is 25.5 Å². The SMILES string of the molecule is CC(C)N(C)CCNc1nccn1C1CC1. The molecule has 1 aromatic heterocycles. The summed E-state index contributed by atoms with van der Waals surface area (Å²) in [6.45, 7) is 6.43. The molecule has 0 atom stereocenters. The van der Waals surface area contributed by atoms with Crippen molar-refractivity contribution in [3.8, 4) is 0 Å². The molecule has 0 aromatic carbocycles. The number of nitrogens with zero attached hydrogens (tertiary/aromatic N) is 3. The van der Waals surface area contributed by atoms with Gasteiger partial charge in [-0.2, -0.15) is 0 Å². The Kier molecular flexibility index (Phi) is 3.49. The van der Waals surface area contributed by atoms with E-state index in [1.54, 1.807) is 0 Å². The largest absolute Gasteiger partial charge is 0.354 e. The maximum atomic E-state index is 4.35. The van der Waals surface area contributed by atoms with E-state index in [4.69, 9.17) is 0 Å². The van der Waals surface area contributed by atoms with Crippen LogP contribution in [0.4, 0.5) is 5.95 Å². The number of hydrogen-bond acceptors (Lipinski definition) is 3. The molecule has 2 rings (SSSR count). The average molecular weight is 222 g/mol. The molecule has 0 unspecified atom stereocenters. The van der Waals surface area contributed by atoms with Crippen LogP contribution in [0.2, 0.25) is 0 Å². The second kappa shape index (κ2) is 4.87. The predicted octanol–water partition coefficient (Wildman–Crippen LogP) is 1.97. The van der Waals surface area contributed by atoms with Crippen LogP contribution in [-0.2, 0) is 0 Å². The van der Waals surface area contributed by atoms with Gasteiger partial charge in [0.2, 0.25) is 5.95 Å². The standard InChI is InChI=1S/C12H22N4/c1-10(2)15(3)8-6-13-12-14-7-9-16(12)11-4-5-11/h7,9-11H,4-6,8H2,1-3H3,(H,13,14). The number of likely N-dealkylation sites (N-methyl/N-ethyl adjacent to an activating group) is 1. The van der Waals surface area contributed by atoms with Crippen LogP contribution < -0.4 is 5.32 Å². The van der Waals surface area contributed by atoms with Gasteiger partial charge in [-0.1, -0.05) is 0 Å². The number of imidazole rings is 1. The molecule has 0 spiro atoms. The highest BCUT2D eigenvalue weighted by Gasteiger charge is 2.25. The molecule has 0 amide bonds. The van der Waals surface area contributed by atoms with E-state index in [2.05, 4.69) is 46.9 Å². The van der Waals surface area contributed by atoms with Crippen LogP contribution in [-0.4, -0.2) is 40.6 Å². The third-order valence-electron chi connectivity index (χ3n) is 3.24. The molecule has 1 aliphatic rings. The minimum atomic E-state index is 0.602. The molecule has 16 heavy (non-hydrogen) atoms. The van der Waals surface area contributed by atoms with E-state index in [0.717, 1.165) is 19.0 Å². The molecule has 1 aliphatic carbocycles. The molecule has 4 nitrogen and oxygen atoms in total. The molecule has 90 valence electrons. The first-order chi connectivity index (χ1) is 7.68. The van der Waals surface area contributed by atoms with E-state index < -0.39 is 0 Å². The Bertz CT molecular complexity index is 328. The lowest BCUT2D eigenvalue weighted by Gasteiger charge is -2.21. The van der Waals surface area contributed by atoms with Gasteiger partial charge in [0.05, 0.1) is 0 Å². The fourth-order valence-electron chi connectivity index (χ4n) is 1.70. The zero-order valence-electron chi connectivity index (χ0n) is 10.5. The smallest absolute Gasteiger partial charge is 0.203 e. The summed E-state index contributed by atoms with van der Waals surface area (Å²) in [6, 6.07) is 1.30. The molecule has 1 fully saturated rings. The summed E-state index contributed by atoms with van der Waals surface area (Å²) in [7, 11) is 2.15. The second-order valence-corrected chi connectivity index (χ2v) is 4.89. The zero-order chi connectivity index (χ0) is 11.5. The number of rotatable bonds is 6. The Labute approximate surface area is 97.7 Å². The highest BCUT2D eigenvalue weighted by molar-refractivity contribution is 5.27. The van der Waals surface area contributed by atoms with Crippen molar-refractivity contribution in [2.24, 2.45) is 0 Å². The summed E-state index contributed by atoms with van der Waals surface area (Å²) >= 11 is 0. The number of anilines is 1. The molecule has 1 saturated carbocycles. The molecule has 1 N–H and O–H groups in total. The Morgan fingerprint density at radius 3 is 2.94 bits per heavy atom. The summed E-state index contributed by atoms with van der Waals surface area (Å²) in [4.78, 5) is 6.68. The first-order valence-corrected chi connectivity index (χ1v) is 6.15. The van der Waals surface area contributed by atoms with Gasteiger partial charge in [0.25, 0.3) is 0 Å². The molecule has 0 bridgehead atoms. The van der Waals surface area contributed by atoms with Crippen molar-refractivity contribution in [3.63, 3.8) is 0 Å². The summed E-state index contributed by atoms with van der Waals surface area (Å²) in [6.07, 6.45) is 6.56. The lowest BCUT2D eigenvalue weighted by atomic mass is 10.3. The lowest BCUT2D eigenvalue weighted by Crippen LogP contribution is -2.31.